The Morgan fingerprint density at radius 2 is 1.88 bits per heavy atom. The highest BCUT2D eigenvalue weighted by Crippen LogP contribution is 2.58. The maximum atomic E-state index is 13.7. The minimum absolute atomic E-state index is 0.0806. The highest BCUT2D eigenvalue weighted by molar-refractivity contribution is 6.01. The number of methoxy groups -OCH3 is 1. The average Bonchev–Trinajstić information content (AvgIpc) is 3.86. The lowest BCUT2D eigenvalue weighted by Gasteiger charge is -2.26. The van der Waals surface area contributed by atoms with Crippen LogP contribution in [0, 0.1) is 11.3 Å². The number of pyridine rings is 1. The summed E-state index contributed by atoms with van der Waals surface area (Å²) < 4.78 is 13.2. The summed E-state index contributed by atoms with van der Waals surface area (Å²) in [6.07, 6.45) is 6.05. The minimum Gasteiger partial charge on any atom is -0.493 e. The molecule has 2 aliphatic carbocycles. The second-order valence-electron chi connectivity index (χ2n) is 12.5. The highest BCUT2D eigenvalue weighted by atomic mass is 16.6. The zero-order chi connectivity index (χ0) is 29.2. The van der Waals surface area contributed by atoms with E-state index in [9.17, 15) is 9.59 Å². The third kappa shape index (κ3) is 4.62. The van der Waals surface area contributed by atoms with Crippen LogP contribution in [0.5, 0.6) is 5.75 Å². The molecule has 1 aliphatic heterocycles. The second kappa shape index (κ2) is 9.50. The fraction of sp³-hybridized carbons (Fsp3) is 0.419. The van der Waals surface area contributed by atoms with Crippen molar-refractivity contribution in [3.05, 3.63) is 48.9 Å². The number of piperidine rings is 1. The van der Waals surface area contributed by atoms with Gasteiger partial charge >= 0.3 is 6.09 Å². The van der Waals surface area contributed by atoms with Gasteiger partial charge in [0, 0.05) is 36.5 Å². The van der Waals surface area contributed by atoms with Crippen molar-refractivity contribution >= 4 is 28.9 Å². The van der Waals surface area contributed by atoms with E-state index in [0.29, 0.717) is 48.0 Å². The molecular weight excluding hydrogens is 534 g/mol. The quantitative estimate of drug-likeness (QED) is 0.342. The van der Waals surface area contributed by atoms with Gasteiger partial charge in [-0.15, -0.1) is 0 Å². The van der Waals surface area contributed by atoms with Crippen molar-refractivity contribution in [2.45, 2.75) is 51.7 Å². The molecule has 11 nitrogen and oxygen atoms in total. The first-order valence-electron chi connectivity index (χ1n) is 14.3. The predicted molar refractivity (Wildman–Crippen MR) is 156 cm³/mol. The van der Waals surface area contributed by atoms with Gasteiger partial charge in [0.15, 0.2) is 11.6 Å². The molecule has 2 saturated carbocycles. The molecule has 3 fully saturated rings. The third-order valence-corrected chi connectivity index (χ3v) is 8.23. The first-order chi connectivity index (χ1) is 20.1. The zero-order valence-electron chi connectivity index (χ0n) is 24.1. The number of rotatable bonds is 6. The number of nitrogens with one attached hydrogen (secondary N) is 1. The lowest BCUT2D eigenvalue weighted by molar-refractivity contribution is -0.121. The number of fused-ring (bicyclic) bond motifs is 2. The number of hydrogen-bond donors (Lipinski definition) is 1. The molecule has 0 spiro atoms. The van der Waals surface area contributed by atoms with E-state index in [2.05, 4.69) is 15.3 Å². The third-order valence-electron chi connectivity index (χ3n) is 8.23. The number of carbonyl (C=O) groups excluding carboxylic acids is 2. The van der Waals surface area contributed by atoms with Crippen molar-refractivity contribution in [2.24, 2.45) is 11.3 Å². The van der Waals surface area contributed by atoms with Gasteiger partial charge in [0.25, 0.3) is 0 Å². The van der Waals surface area contributed by atoms with Gasteiger partial charge in [-0.3, -0.25) is 9.48 Å². The average molecular weight is 568 g/mol. The number of aromatic nitrogens is 5. The highest BCUT2D eigenvalue weighted by Gasteiger charge is 2.66. The Labute approximate surface area is 243 Å². The summed E-state index contributed by atoms with van der Waals surface area (Å²) in [6.45, 7) is 6.30. The second-order valence-corrected chi connectivity index (χ2v) is 12.5. The van der Waals surface area contributed by atoms with Crippen LogP contribution < -0.4 is 10.1 Å². The number of nitrogens with zero attached hydrogens (tertiary/aromatic N) is 6. The lowest BCUT2D eigenvalue weighted by Crippen LogP contribution is -2.39. The molecule has 11 heteroatoms. The number of carbonyl (C=O) groups is 2. The van der Waals surface area contributed by atoms with Crippen LogP contribution in [-0.4, -0.2) is 67.4 Å². The molecule has 1 aromatic carbocycles. The monoisotopic (exact) mass is 567 g/mol. The van der Waals surface area contributed by atoms with Gasteiger partial charge in [-0.05, 0) is 46.0 Å². The van der Waals surface area contributed by atoms with E-state index in [1.54, 1.807) is 11.0 Å². The fourth-order valence-corrected chi connectivity index (χ4v) is 5.84. The van der Waals surface area contributed by atoms with Gasteiger partial charge in [0.2, 0.25) is 5.91 Å². The van der Waals surface area contributed by atoms with Crippen molar-refractivity contribution in [1.82, 2.24) is 29.6 Å². The number of likely N-dealkylation sites (tertiary alicyclic amines) is 1. The maximum absolute atomic E-state index is 13.7. The Morgan fingerprint density at radius 3 is 2.60 bits per heavy atom. The van der Waals surface area contributed by atoms with Crippen LogP contribution in [0.2, 0.25) is 0 Å². The number of hydrogen-bond acceptors (Lipinski definition) is 8. The molecule has 0 radical (unpaired) electrons. The molecule has 2 unspecified atom stereocenters. The van der Waals surface area contributed by atoms with Gasteiger partial charge in [-0.1, -0.05) is 30.3 Å². The van der Waals surface area contributed by atoms with Crippen molar-refractivity contribution < 1.29 is 19.1 Å². The molecule has 0 bridgehead atoms. The lowest BCUT2D eigenvalue weighted by atomic mass is 10.0. The topological polar surface area (TPSA) is 124 Å². The smallest absolute Gasteiger partial charge is 0.410 e. The summed E-state index contributed by atoms with van der Waals surface area (Å²) in [5.74, 6) is 0.580. The number of amides is 2. The SMILES string of the molecule is COc1cc2ncnc(-c3cn(C4CC4)nc3-c3ccccc3)c2nc1NC(=O)C12CC1CN(C(=O)OC(C)(C)C)C2. The molecule has 3 aliphatic rings. The van der Waals surface area contributed by atoms with Crippen LogP contribution in [0.3, 0.4) is 0 Å². The van der Waals surface area contributed by atoms with E-state index in [4.69, 9.17) is 19.6 Å². The molecule has 42 heavy (non-hydrogen) atoms. The standard InChI is InChI=1S/C31H33N7O4/c1-30(2,3)42-29(40)37-14-19-13-31(19,16-37)28(39)35-27-23(41-4)12-22-26(34-27)25(33-17-32-22)21-15-38(20-10-11-20)36-24(21)18-8-6-5-7-9-18/h5-9,12,15,17,19-20H,10-11,13-14,16H2,1-4H3,(H,34,35,39). The number of ether oxygens (including phenoxy) is 2. The molecule has 3 aromatic heterocycles. The van der Waals surface area contributed by atoms with Gasteiger partial charge in [0.05, 0.1) is 24.1 Å². The molecule has 7 rings (SSSR count). The zero-order valence-corrected chi connectivity index (χ0v) is 24.1. The van der Waals surface area contributed by atoms with E-state index in [1.807, 2.05) is 62.0 Å². The number of benzene rings is 1. The fourth-order valence-electron chi connectivity index (χ4n) is 5.84. The van der Waals surface area contributed by atoms with Gasteiger partial charge in [-0.2, -0.15) is 5.10 Å². The molecule has 2 amide bonds. The van der Waals surface area contributed by atoms with Crippen molar-refractivity contribution in [3.63, 3.8) is 0 Å². The molecule has 216 valence electrons. The minimum atomic E-state index is -0.666. The Morgan fingerprint density at radius 1 is 1.10 bits per heavy atom. The molecule has 1 saturated heterocycles. The Bertz CT molecular complexity index is 1710. The van der Waals surface area contributed by atoms with E-state index in [-0.39, 0.29) is 17.6 Å². The molecule has 4 heterocycles. The van der Waals surface area contributed by atoms with Crippen LogP contribution in [0.1, 0.15) is 46.1 Å². The van der Waals surface area contributed by atoms with Crippen LogP contribution in [0.4, 0.5) is 10.6 Å². The molecular formula is C31H33N7O4. The van der Waals surface area contributed by atoms with E-state index >= 15 is 0 Å². The number of anilines is 1. The van der Waals surface area contributed by atoms with Gasteiger partial charge < -0.3 is 19.7 Å². The van der Waals surface area contributed by atoms with Crippen LogP contribution in [0.25, 0.3) is 33.5 Å². The summed E-state index contributed by atoms with van der Waals surface area (Å²) in [5.41, 5.74) is 3.13. The maximum Gasteiger partial charge on any atom is 0.410 e. The van der Waals surface area contributed by atoms with E-state index in [0.717, 1.165) is 29.7 Å². The van der Waals surface area contributed by atoms with Crippen LogP contribution in [0.15, 0.2) is 48.9 Å². The van der Waals surface area contributed by atoms with Gasteiger partial charge in [-0.25, -0.2) is 19.7 Å². The first-order valence-corrected chi connectivity index (χ1v) is 14.3. The molecule has 4 aromatic rings. The Balaban J connectivity index is 1.23. The van der Waals surface area contributed by atoms with E-state index in [1.165, 1.54) is 13.4 Å². The summed E-state index contributed by atoms with van der Waals surface area (Å²) >= 11 is 0. The van der Waals surface area contributed by atoms with Crippen LogP contribution in [-0.2, 0) is 9.53 Å². The summed E-state index contributed by atoms with van der Waals surface area (Å²) in [7, 11) is 1.53. The summed E-state index contributed by atoms with van der Waals surface area (Å²) in [5, 5.41) is 7.95. The van der Waals surface area contributed by atoms with Crippen molar-refractivity contribution in [3.8, 4) is 28.3 Å². The molecule has 1 N–H and O–H groups in total. The van der Waals surface area contributed by atoms with E-state index < -0.39 is 17.1 Å². The molecule has 2 atom stereocenters. The van der Waals surface area contributed by atoms with Crippen molar-refractivity contribution in [2.75, 3.05) is 25.5 Å². The van der Waals surface area contributed by atoms with Gasteiger partial charge in [0.1, 0.15) is 28.8 Å². The van der Waals surface area contributed by atoms with Crippen LogP contribution >= 0.6 is 0 Å². The largest absolute Gasteiger partial charge is 0.493 e. The Kier molecular flexibility index (Phi) is 5.96. The summed E-state index contributed by atoms with van der Waals surface area (Å²) in [6, 6.07) is 12.2. The first kappa shape index (κ1) is 26.4. The van der Waals surface area contributed by atoms with Crippen molar-refractivity contribution in [1.29, 1.82) is 0 Å². The predicted octanol–water partition coefficient (Wildman–Crippen LogP) is 5.09. The summed E-state index contributed by atoms with van der Waals surface area (Å²) in [4.78, 5) is 42.0. The normalized spacial score (nSPS) is 21.2. The Hall–Kier alpha value is -4.54.